The highest BCUT2D eigenvalue weighted by Gasteiger charge is 2.50. The first-order chi connectivity index (χ1) is 16.8. The number of hydrogen-bond donors (Lipinski definition) is 2. The fourth-order valence-corrected chi connectivity index (χ4v) is 6.81. The minimum Gasteiger partial charge on any atom is -0.352 e. The van der Waals surface area contributed by atoms with Gasteiger partial charge in [-0.25, -0.2) is 12.8 Å². The standard InChI is InChI=1S/C27H34FN3O4S/c1-6-23(32)30-25-26(2,3)17-31(18-27(25,4)5)36(34,35)20-12-13-21(22(28)16-20)24(33)29-15-14-19-10-8-7-9-11-19/h6-13,16,25H,1,14-15,17-18H2,2-5H3,(H,29,33)(H,30,32). The van der Waals surface area contributed by atoms with E-state index in [1.165, 1.54) is 22.5 Å². The molecule has 0 unspecified atom stereocenters. The Balaban J connectivity index is 1.75. The number of nitrogens with one attached hydrogen (secondary N) is 2. The van der Waals surface area contributed by atoms with E-state index in [1.54, 1.807) is 0 Å². The lowest BCUT2D eigenvalue weighted by atomic mass is 9.67. The van der Waals surface area contributed by atoms with Crippen LogP contribution in [0.2, 0.25) is 0 Å². The maximum Gasteiger partial charge on any atom is 0.254 e. The summed E-state index contributed by atoms with van der Waals surface area (Å²) in [6, 6.07) is 12.6. The zero-order valence-corrected chi connectivity index (χ0v) is 22.0. The van der Waals surface area contributed by atoms with E-state index >= 15 is 0 Å². The van der Waals surface area contributed by atoms with Crippen molar-refractivity contribution in [1.29, 1.82) is 0 Å². The SMILES string of the molecule is C=CC(=O)NC1C(C)(C)CN(S(=O)(=O)c2ccc(C(=O)NCCc3ccccc3)c(F)c2)CC1(C)C. The molecule has 0 saturated carbocycles. The van der Waals surface area contributed by atoms with Gasteiger partial charge in [-0.05, 0) is 47.1 Å². The predicted octanol–water partition coefficient (Wildman–Crippen LogP) is 3.53. The van der Waals surface area contributed by atoms with E-state index in [0.29, 0.717) is 13.0 Å². The molecule has 36 heavy (non-hydrogen) atoms. The molecule has 1 aliphatic heterocycles. The maximum absolute atomic E-state index is 14.9. The van der Waals surface area contributed by atoms with Gasteiger partial charge in [0, 0.05) is 25.7 Å². The summed E-state index contributed by atoms with van der Waals surface area (Å²) in [6.45, 7) is 11.6. The van der Waals surface area contributed by atoms with Gasteiger partial charge in [-0.1, -0.05) is 64.6 Å². The number of benzene rings is 2. The summed E-state index contributed by atoms with van der Waals surface area (Å²) in [4.78, 5) is 24.2. The molecule has 0 spiro atoms. The first-order valence-electron chi connectivity index (χ1n) is 11.8. The number of carbonyl (C=O) groups excluding carboxylic acids is 2. The minimum atomic E-state index is -4.05. The smallest absolute Gasteiger partial charge is 0.254 e. The molecule has 0 atom stereocenters. The molecular weight excluding hydrogens is 481 g/mol. The van der Waals surface area contributed by atoms with Gasteiger partial charge in [0.05, 0.1) is 10.5 Å². The molecule has 0 aromatic heterocycles. The summed E-state index contributed by atoms with van der Waals surface area (Å²) >= 11 is 0. The van der Waals surface area contributed by atoms with Crippen molar-refractivity contribution in [3.63, 3.8) is 0 Å². The Bertz CT molecular complexity index is 1220. The molecule has 2 aromatic carbocycles. The van der Waals surface area contributed by atoms with Crippen LogP contribution in [0.3, 0.4) is 0 Å². The van der Waals surface area contributed by atoms with E-state index in [9.17, 15) is 22.4 Å². The minimum absolute atomic E-state index is 0.129. The summed E-state index contributed by atoms with van der Waals surface area (Å²) in [5.41, 5.74) is -0.387. The van der Waals surface area contributed by atoms with Crippen LogP contribution in [-0.2, 0) is 21.2 Å². The number of halogens is 1. The Labute approximate surface area is 212 Å². The number of sulfonamides is 1. The number of piperidine rings is 1. The zero-order chi connectivity index (χ0) is 26.7. The topological polar surface area (TPSA) is 95.6 Å². The number of hydrogen-bond acceptors (Lipinski definition) is 4. The van der Waals surface area contributed by atoms with Crippen LogP contribution < -0.4 is 10.6 Å². The normalized spacial score (nSPS) is 17.8. The molecule has 3 rings (SSSR count). The summed E-state index contributed by atoms with van der Waals surface area (Å²) < 4.78 is 43.1. The van der Waals surface area contributed by atoms with Crippen molar-refractivity contribution < 1.29 is 22.4 Å². The monoisotopic (exact) mass is 515 g/mol. The van der Waals surface area contributed by atoms with Crippen LogP contribution in [0, 0.1) is 16.6 Å². The molecule has 1 heterocycles. The second-order valence-corrected chi connectivity index (χ2v) is 12.5. The summed E-state index contributed by atoms with van der Waals surface area (Å²) in [7, 11) is -4.05. The molecule has 2 N–H and O–H groups in total. The van der Waals surface area contributed by atoms with Gasteiger partial charge >= 0.3 is 0 Å². The molecule has 2 amide bonds. The third kappa shape index (κ3) is 6.02. The van der Waals surface area contributed by atoms with E-state index in [2.05, 4.69) is 17.2 Å². The van der Waals surface area contributed by atoms with Gasteiger partial charge in [0.25, 0.3) is 5.91 Å². The Morgan fingerprint density at radius 1 is 1.08 bits per heavy atom. The second kappa shape index (κ2) is 10.5. The van der Waals surface area contributed by atoms with Crippen molar-refractivity contribution >= 4 is 21.8 Å². The summed E-state index contributed by atoms with van der Waals surface area (Å²) in [6.07, 6.45) is 1.78. The lowest BCUT2D eigenvalue weighted by Crippen LogP contribution is -2.64. The van der Waals surface area contributed by atoms with Crippen molar-refractivity contribution in [2.24, 2.45) is 10.8 Å². The van der Waals surface area contributed by atoms with E-state index in [0.717, 1.165) is 11.6 Å². The fraction of sp³-hybridized carbons (Fsp3) is 0.407. The highest BCUT2D eigenvalue weighted by Crippen LogP contribution is 2.42. The molecule has 1 saturated heterocycles. The van der Waals surface area contributed by atoms with Crippen LogP contribution in [0.15, 0.2) is 66.1 Å². The van der Waals surface area contributed by atoms with Crippen LogP contribution >= 0.6 is 0 Å². The van der Waals surface area contributed by atoms with E-state index in [1.807, 2.05) is 58.0 Å². The van der Waals surface area contributed by atoms with Crippen LogP contribution in [0.5, 0.6) is 0 Å². The average Bonchev–Trinajstić information content (AvgIpc) is 2.81. The zero-order valence-electron chi connectivity index (χ0n) is 21.2. The lowest BCUT2D eigenvalue weighted by Gasteiger charge is -2.52. The Morgan fingerprint density at radius 3 is 2.25 bits per heavy atom. The van der Waals surface area contributed by atoms with Gasteiger partial charge in [-0.15, -0.1) is 0 Å². The van der Waals surface area contributed by atoms with Gasteiger partial charge < -0.3 is 10.6 Å². The third-order valence-electron chi connectivity index (χ3n) is 6.57. The van der Waals surface area contributed by atoms with Crippen molar-refractivity contribution in [2.75, 3.05) is 19.6 Å². The quantitative estimate of drug-likeness (QED) is 0.526. The van der Waals surface area contributed by atoms with Gasteiger partial charge in [0.1, 0.15) is 5.82 Å². The fourth-order valence-electron chi connectivity index (χ4n) is 5.02. The largest absolute Gasteiger partial charge is 0.352 e. The molecule has 0 bridgehead atoms. The molecule has 2 aromatic rings. The highest BCUT2D eigenvalue weighted by molar-refractivity contribution is 7.89. The molecule has 0 radical (unpaired) electrons. The van der Waals surface area contributed by atoms with Crippen molar-refractivity contribution in [1.82, 2.24) is 14.9 Å². The first-order valence-corrected chi connectivity index (χ1v) is 13.3. The Kier molecular flexibility index (Phi) is 8.05. The Morgan fingerprint density at radius 2 is 1.69 bits per heavy atom. The number of nitrogens with zero attached hydrogens (tertiary/aromatic N) is 1. The average molecular weight is 516 g/mol. The summed E-state index contributed by atoms with van der Waals surface area (Å²) in [5, 5.41) is 5.61. The number of amides is 2. The van der Waals surface area contributed by atoms with Gasteiger partial charge in [-0.2, -0.15) is 4.31 Å². The summed E-state index contributed by atoms with van der Waals surface area (Å²) in [5.74, 6) is -1.83. The molecule has 9 heteroatoms. The van der Waals surface area contributed by atoms with E-state index in [-0.39, 0.29) is 35.5 Å². The van der Waals surface area contributed by atoms with E-state index in [4.69, 9.17) is 0 Å². The highest BCUT2D eigenvalue weighted by atomic mass is 32.2. The lowest BCUT2D eigenvalue weighted by molar-refractivity contribution is -0.120. The predicted molar refractivity (Wildman–Crippen MR) is 137 cm³/mol. The van der Waals surface area contributed by atoms with E-state index < -0.39 is 32.6 Å². The van der Waals surface area contributed by atoms with Gasteiger partial charge in [0.15, 0.2) is 0 Å². The molecular formula is C27H34FN3O4S. The number of carbonyl (C=O) groups is 2. The van der Waals surface area contributed by atoms with Crippen LogP contribution in [0.1, 0.15) is 43.6 Å². The molecule has 194 valence electrons. The van der Waals surface area contributed by atoms with Crippen LogP contribution in [0.4, 0.5) is 4.39 Å². The molecule has 0 aliphatic carbocycles. The van der Waals surface area contributed by atoms with Gasteiger partial charge in [-0.3, -0.25) is 9.59 Å². The second-order valence-electron chi connectivity index (χ2n) is 10.5. The van der Waals surface area contributed by atoms with Gasteiger partial charge in [0.2, 0.25) is 15.9 Å². The number of rotatable bonds is 8. The molecule has 1 aliphatic rings. The third-order valence-corrected chi connectivity index (χ3v) is 8.36. The van der Waals surface area contributed by atoms with Crippen molar-refractivity contribution in [3.05, 3.63) is 78.1 Å². The first kappa shape index (κ1) is 27.5. The Hall–Kier alpha value is -3.04. The maximum atomic E-state index is 14.9. The van der Waals surface area contributed by atoms with Crippen LogP contribution in [0.25, 0.3) is 0 Å². The van der Waals surface area contributed by atoms with Crippen LogP contribution in [-0.4, -0.2) is 50.2 Å². The molecule has 7 nitrogen and oxygen atoms in total. The van der Waals surface area contributed by atoms with Crippen molar-refractivity contribution in [2.45, 2.75) is 45.1 Å². The molecule has 1 fully saturated rings. The van der Waals surface area contributed by atoms with Crippen molar-refractivity contribution in [3.8, 4) is 0 Å².